The van der Waals surface area contributed by atoms with Crippen molar-refractivity contribution in [2.24, 2.45) is 0 Å². The maximum absolute atomic E-state index is 13.5. The summed E-state index contributed by atoms with van der Waals surface area (Å²) in [6, 6.07) is 1.89. The van der Waals surface area contributed by atoms with Crippen molar-refractivity contribution in [3.8, 4) is 0 Å². The molecule has 0 unspecified atom stereocenters. The lowest BCUT2D eigenvalue weighted by Gasteiger charge is -2.33. The Kier molecular flexibility index (Phi) is 6.03. The highest BCUT2D eigenvalue weighted by atomic mass is 79.9. The Hall–Kier alpha value is -1.70. The van der Waals surface area contributed by atoms with E-state index in [-0.39, 0.29) is 22.6 Å². The summed E-state index contributed by atoms with van der Waals surface area (Å²) < 4.78 is 32.0. The van der Waals surface area contributed by atoms with Crippen molar-refractivity contribution in [3.05, 3.63) is 33.8 Å². The molecule has 25 heavy (non-hydrogen) atoms. The van der Waals surface area contributed by atoms with Crippen LogP contribution in [0.15, 0.2) is 16.6 Å². The normalized spacial score (nSPS) is 18.0. The SMILES string of the molecule is CC(C)(C)OC(=O)N[C@@H]1CCCN(C(=O)c2cc(F)c(F)c(Br)c2)C1. The fourth-order valence-corrected chi connectivity index (χ4v) is 3.05. The quantitative estimate of drug-likeness (QED) is 0.741. The zero-order valence-corrected chi connectivity index (χ0v) is 16.0. The number of halogens is 3. The smallest absolute Gasteiger partial charge is 0.407 e. The number of benzene rings is 1. The molecule has 0 radical (unpaired) electrons. The summed E-state index contributed by atoms with van der Waals surface area (Å²) in [7, 11) is 0. The maximum Gasteiger partial charge on any atom is 0.407 e. The van der Waals surface area contributed by atoms with E-state index in [4.69, 9.17) is 4.74 Å². The van der Waals surface area contributed by atoms with E-state index < -0.39 is 29.2 Å². The van der Waals surface area contributed by atoms with E-state index in [1.165, 1.54) is 11.0 Å². The van der Waals surface area contributed by atoms with Crippen molar-refractivity contribution in [3.63, 3.8) is 0 Å². The standard InChI is InChI=1S/C17H21BrF2N2O3/c1-17(2,3)25-16(24)21-11-5-4-6-22(9-11)15(23)10-7-12(18)14(20)13(19)8-10/h7-8,11H,4-6,9H2,1-3H3,(H,21,24)/t11-/m1/s1. The number of hydrogen-bond donors (Lipinski definition) is 1. The van der Waals surface area contributed by atoms with Crippen LogP contribution < -0.4 is 5.32 Å². The molecule has 8 heteroatoms. The van der Waals surface area contributed by atoms with E-state index >= 15 is 0 Å². The van der Waals surface area contributed by atoms with Gasteiger partial charge < -0.3 is 15.0 Å². The van der Waals surface area contributed by atoms with Crippen molar-refractivity contribution >= 4 is 27.9 Å². The minimum atomic E-state index is -1.09. The molecule has 1 fully saturated rings. The van der Waals surface area contributed by atoms with Gasteiger partial charge >= 0.3 is 6.09 Å². The number of hydrogen-bond acceptors (Lipinski definition) is 3. The summed E-state index contributed by atoms with van der Waals surface area (Å²) in [5.41, 5.74) is -0.546. The second kappa shape index (κ2) is 7.68. The molecule has 0 aromatic heterocycles. The number of ether oxygens (including phenoxy) is 1. The molecule has 1 aliphatic rings. The highest BCUT2D eigenvalue weighted by molar-refractivity contribution is 9.10. The van der Waals surface area contributed by atoms with Crippen LogP contribution in [0, 0.1) is 11.6 Å². The molecule has 5 nitrogen and oxygen atoms in total. The molecular formula is C17H21BrF2N2O3. The number of alkyl carbamates (subject to hydrolysis) is 1. The van der Waals surface area contributed by atoms with Crippen LogP contribution in [0.25, 0.3) is 0 Å². The highest BCUT2D eigenvalue weighted by Crippen LogP contribution is 2.22. The molecule has 138 valence electrons. The van der Waals surface area contributed by atoms with Gasteiger partial charge in [0, 0.05) is 24.7 Å². The molecule has 0 aliphatic carbocycles. The molecule has 1 heterocycles. The van der Waals surface area contributed by atoms with Gasteiger partial charge in [-0.3, -0.25) is 4.79 Å². The van der Waals surface area contributed by atoms with Crippen molar-refractivity contribution in [1.29, 1.82) is 0 Å². The summed E-state index contributed by atoms with van der Waals surface area (Å²) >= 11 is 2.90. The first-order chi connectivity index (χ1) is 11.6. The number of carbonyl (C=O) groups is 2. The van der Waals surface area contributed by atoms with Gasteiger partial charge in [-0.15, -0.1) is 0 Å². The van der Waals surface area contributed by atoms with Crippen LogP contribution in [0.3, 0.4) is 0 Å². The van der Waals surface area contributed by atoms with Gasteiger partial charge in [-0.05, 0) is 61.7 Å². The van der Waals surface area contributed by atoms with E-state index in [1.807, 2.05) is 0 Å². The van der Waals surface area contributed by atoms with Crippen LogP contribution in [0.1, 0.15) is 44.0 Å². The van der Waals surface area contributed by atoms with Gasteiger partial charge in [-0.2, -0.15) is 0 Å². The van der Waals surface area contributed by atoms with Gasteiger partial charge in [0.2, 0.25) is 0 Å². The first kappa shape index (κ1) is 19.6. The summed E-state index contributed by atoms with van der Waals surface area (Å²) in [4.78, 5) is 25.9. The molecule has 0 spiro atoms. The molecule has 1 atom stereocenters. The van der Waals surface area contributed by atoms with E-state index in [9.17, 15) is 18.4 Å². The first-order valence-electron chi connectivity index (χ1n) is 8.00. The Morgan fingerprint density at radius 3 is 2.60 bits per heavy atom. The molecular weight excluding hydrogens is 398 g/mol. The van der Waals surface area contributed by atoms with Crippen LogP contribution in [0.2, 0.25) is 0 Å². The van der Waals surface area contributed by atoms with Crippen molar-refractivity contribution in [2.45, 2.75) is 45.3 Å². The molecule has 1 saturated heterocycles. The van der Waals surface area contributed by atoms with Gasteiger partial charge in [0.15, 0.2) is 11.6 Å². The number of likely N-dealkylation sites (tertiary alicyclic amines) is 1. The second-order valence-electron chi connectivity index (χ2n) is 6.99. The van der Waals surface area contributed by atoms with Crippen molar-refractivity contribution in [1.82, 2.24) is 10.2 Å². The molecule has 0 saturated carbocycles. The Balaban J connectivity index is 2.03. The van der Waals surface area contributed by atoms with Gasteiger partial charge in [0.25, 0.3) is 5.91 Å². The first-order valence-corrected chi connectivity index (χ1v) is 8.79. The fraction of sp³-hybridized carbons (Fsp3) is 0.529. The number of nitrogens with zero attached hydrogens (tertiary/aromatic N) is 1. The predicted octanol–water partition coefficient (Wildman–Crippen LogP) is 3.86. The van der Waals surface area contributed by atoms with Gasteiger partial charge in [0.1, 0.15) is 5.60 Å². The van der Waals surface area contributed by atoms with E-state index in [2.05, 4.69) is 21.2 Å². The number of piperidine rings is 1. The highest BCUT2D eigenvalue weighted by Gasteiger charge is 2.28. The van der Waals surface area contributed by atoms with E-state index in [0.29, 0.717) is 19.4 Å². The summed E-state index contributed by atoms with van der Waals surface area (Å²) in [6.45, 7) is 6.08. The monoisotopic (exact) mass is 418 g/mol. The average Bonchev–Trinajstić information content (AvgIpc) is 2.49. The minimum absolute atomic E-state index is 0.0590. The molecule has 1 aromatic rings. The average molecular weight is 419 g/mol. The number of carbonyl (C=O) groups excluding carboxylic acids is 2. The molecule has 1 aliphatic heterocycles. The van der Waals surface area contributed by atoms with Crippen LogP contribution in [0.4, 0.5) is 13.6 Å². The molecule has 1 N–H and O–H groups in total. The van der Waals surface area contributed by atoms with Crippen LogP contribution in [-0.2, 0) is 4.74 Å². The maximum atomic E-state index is 13.5. The third-order valence-electron chi connectivity index (χ3n) is 3.66. The number of nitrogens with one attached hydrogen (secondary N) is 1. The summed E-state index contributed by atoms with van der Waals surface area (Å²) in [6.07, 6.45) is 0.865. The Morgan fingerprint density at radius 2 is 2.00 bits per heavy atom. The topological polar surface area (TPSA) is 58.6 Å². The molecule has 1 aromatic carbocycles. The Labute approximate surface area is 153 Å². The zero-order valence-electron chi connectivity index (χ0n) is 14.4. The lowest BCUT2D eigenvalue weighted by molar-refractivity contribution is 0.0452. The van der Waals surface area contributed by atoms with E-state index in [0.717, 1.165) is 6.07 Å². The predicted molar refractivity (Wildman–Crippen MR) is 92.4 cm³/mol. The van der Waals surface area contributed by atoms with Crippen LogP contribution >= 0.6 is 15.9 Å². The fourth-order valence-electron chi connectivity index (χ4n) is 2.62. The zero-order chi connectivity index (χ0) is 18.8. The third kappa shape index (κ3) is 5.39. The molecule has 0 bridgehead atoms. The molecule has 2 amide bonds. The van der Waals surface area contributed by atoms with Crippen molar-refractivity contribution < 1.29 is 23.1 Å². The largest absolute Gasteiger partial charge is 0.444 e. The molecule has 2 rings (SSSR count). The minimum Gasteiger partial charge on any atom is -0.444 e. The van der Waals surface area contributed by atoms with Gasteiger partial charge in [-0.1, -0.05) is 0 Å². The lowest BCUT2D eigenvalue weighted by Crippen LogP contribution is -2.50. The Bertz CT molecular complexity index is 653. The number of rotatable bonds is 2. The third-order valence-corrected chi connectivity index (χ3v) is 4.24. The van der Waals surface area contributed by atoms with Crippen molar-refractivity contribution in [2.75, 3.05) is 13.1 Å². The van der Waals surface area contributed by atoms with Crippen LogP contribution in [0.5, 0.6) is 0 Å². The summed E-state index contributed by atoms with van der Waals surface area (Å²) in [5.74, 6) is -2.52. The number of amides is 2. The summed E-state index contributed by atoms with van der Waals surface area (Å²) in [5, 5.41) is 2.75. The van der Waals surface area contributed by atoms with Gasteiger partial charge in [0.05, 0.1) is 4.47 Å². The second-order valence-corrected chi connectivity index (χ2v) is 7.84. The van der Waals surface area contributed by atoms with Gasteiger partial charge in [-0.25, -0.2) is 13.6 Å². The lowest BCUT2D eigenvalue weighted by atomic mass is 10.0. The Morgan fingerprint density at radius 1 is 1.32 bits per heavy atom. The van der Waals surface area contributed by atoms with E-state index in [1.54, 1.807) is 20.8 Å². The van der Waals surface area contributed by atoms with Crippen LogP contribution in [-0.4, -0.2) is 41.6 Å².